The topological polar surface area (TPSA) is 57.7 Å². The summed E-state index contributed by atoms with van der Waals surface area (Å²) in [6, 6.07) is 0. The van der Waals surface area contributed by atoms with Gasteiger partial charge in [0.15, 0.2) is 5.75 Å². The number of carbonyl (C=O) groups excluding carboxylic acids is 1. The lowest BCUT2D eigenvalue weighted by Crippen LogP contribution is -2.19. The zero-order valence-electron chi connectivity index (χ0n) is 10.8. The number of hydrogen-bond donors (Lipinski definition) is 0. The number of carbonyl (C=O) groups is 1. The highest BCUT2D eigenvalue weighted by Gasteiger charge is 2.35. The van der Waals surface area contributed by atoms with Crippen molar-refractivity contribution in [3.05, 3.63) is 17.3 Å². The van der Waals surface area contributed by atoms with Crippen LogP contribution < -0.4 is 9.47 Å². The molecular formula is C11H10F5NO4. The smallest absolute Gasteiger partial charge is 0.491 e. The highest BCUT2D eigenvalue weighted by molar-refractivity contribution is 5.73. The minimum Gasteiger partial charge on any atom is -0.491 e. The van der Waals surface area contributed by atoms with Crippen molar-refractivity contribution < 1.29 is 41.0 Å². The molecule has 0 saturated heterocycles. The van der Waals surface area contributed by atoms with Gasteiger partial charge in [0, 0.05) is 6.20 Å². The number of nitrogens with zero attached hydrogens (tertiary/aromatic N) is 1. The Morgan fingerprint density at radius 2 is 1.95 bits per heavy atom. The number of halogens is 5. The molecule has 0 saturated carbocycles. The molecule has 0 amide bonds. The van der Waals surface area contributed by atoms with E-state index in [4.69, 9.17) is 0 Å². The van der Waals surface area contributed by atoms with Crippen LogP contribution in [0.2, 0.25) is 0 Å². The van der Waals surface area contributed by atoms with Gasteiger partial charge in [-0.3, -0.25) is 4.79 Å². The van der Waals surface area contributed by atoms with Gasteiger partial charge in [-0.1, -0.05) is 0 Å². The second-order valence-electron chi connectivity index (χ2n) is 3.64. The highest BCUT2D eigenvalue weighted by Crippen LogP contribution is 2.40. The maximum absolute atomic E-state index is 13.0. The Morgan fingerprint density at radius 1 is 1.33 bits per heavy atom. The number of pyridine rings is 1. The van der Waals surface area contributed by atoms with E-state index < -0.39 is 42.4 Å². The van der Waals surface area contributed by atoms with Crippen LogP contribution in [0, 0.1) is 0 Å². The first-order valence-electron chi connectivity index (χ1n) is 5.36. The fourth-order valence-electron chi connectivity index (χ4n) is 1.51. The molecule has 5 nitrogen and oxygen atoms in total. The van der Waals surface area contributed by atoms with Crippen molar-refractivity contribution >= 4 is 5.97 Å². The van der Waals surface area contributed by atoms with E-state index in [1.54, 1.807) is 0 Å². The predicted octanol–water partition coefficient (Wildman–Crippen LogP) is 2.64. The van der Waals surface area contributed by atoms with E-state index in [1.807, 2.05) is 0 Å². The molecule has 0 aliphatic heterocycles. The molecule has 0 atom stereocenters. The molecule has 1 aromatic rings. The minimum atomic E-state index is -5.12. The number of rotatable bonds is 5. The maximum Gasteiger partial charge on any atom is 0.574 e. The largest absolute Gasteiger partial charge is 0.574 e. The molecule has 0 aliphatic carbocycles. The first-order chi connectivity index (χ1) is 9.69. The van der Waals surface area contributed by atoms with Crippen LogP contribution in [0.1, 0.15) is 17.6 Å². The van der Waals surface area contributed by atoms with E-state index in [9.17, 15) is 26.7 Å². The Labute approximate surface area is 115 Å². The quantitative estimate of drug-likeness (QED) is 0.617. The lowest BCUT2D eigenvalue weighted by Gasteiger charge is -2.16. The molecule has 21 heavy (non-hydrogen) atoms. The molecule has 0 unspecified atom stereocenters. The Balaban J connectivity index is 3.34. The van der Waals surface area contributed by atoms with Crippen LogP contribution in [0.3, 0.4) is 0 Å². The van der Waals surface area contributed by atoms with Crippen LogP contribution in [-0.2, 0) is 16.0 Å². The molecule has 1 heterocycles. The van der Waals surface area contributed by atoms with Gasteiger partial charge in [0.05, 0.1) is 26.2 Å². The summed E-state index contributed by atoms with van der Waals surface area (Å²) in [6.45, 7) is 0. The third-order valence-corrected chi connectivity index (χ3v) is 2.32. The van der Waals surface area contributed by atoms with E-state index in [0.29, 0.717) is 6.20 Å². The maximum atomic E-state index is 13.0. The van der Waals surface area contributed by atoms with Crippen molar-refractivity contribution in [1.82, 2.24) is 4.98 Å². The molecular weight excluding hydrogens is 305 g/mol. The fourth-order valence-corrected chi connectivity index (χ4v) is 1.51. The lowest BCUT2D eigenvalue weighted by molar-refractivity contribution is -0.276. The fraction of sp³-hybridized carbons (Fsp3) is 0.455. The van der Waals surface area contributed by atoms with E-state index in [0.717, 1.165) is 14.2 Å². The third-order valence-electron chi connectivity index (χ3n) is 2.32. The summed E-state index contributed by atoms with van der Waals surface area (Å²) in [7, 11) is 1.92. The van der Waals surface area contributed by atoms with Crippen molar-refractivity contribution in [3.8, 4) is 11.6 Å². The number of alkyl halides is 5. The van der Waals surface area contributed by atoms with Gasteiger partial charge in [-0.05, 0) is 5.56 Å². The predicted molar refractivity (Wildman–Crippen MR) is 58.1 cm³/mol. The average Bonchev–Trinajstić information content (AvgIpc) is 2.37. The van der Waals surface area contributed by atoms with E-state index in [2.05, 4.69) is 19.2 Å². The van der Waals surface area contributed by atoms with Gasteiger partial charge in [-0.25, -0.2) is 13.8 Å². The molecule has 0 fully saturated rings. The normalized spacial score (nSPS) is 11.4. The van der Waals surface area contributed by atoms with Crippen LogP contribution in [0.15, 0.2) is 6.20 Å². The molecule has 118 valence electrons. The standard InChI is InChI=1S/C11H10F5NO4/c1-19-6(18)3-5-4-17-10(21-11(14,15)16)8(20-2)7(5)9(12)13/h4,9H,3H2,1-2H3. The summed E-state index contributed by atoms with van der Waals surface area (Å²) in [5.74, 6) is -2.90. The minimum absolute atomic E-state index is 0.316. The number of ether oxygens (including phenoxy) is 3. The summed E-state index contributed by atoms with van der Waals surface area (Å²) in [4.78, 5) is 14.4. The van der Waals surface area contributed by atoms with E-state index >= 15 is 0 Å². The second kappa shape index (κ2) is 6.55. The van der Waals surface area contributed by atoms with Gasteiger partial charge in [-0.2, -0.15) is 0 Å². The zero-order valence-corrected chi connectivity index (χ0v) is 10.8. The SMILES string of the molecule is COC(=O)Cc1cnc(OC(F)(F)F)c(OC)c1C(F)F. The zero-order chi connectivity index (χ0) is 16.2. The van der Waals surface area contributed by atoms with Crippen molar-refractivity contribution in [3.63, 3.8) is 0 Å². The summed E-state index contributed by atoms with van der Waals surface area (Å²) in [5.41, 5.74) is -1.22. The number of hydrogen-bond acceptors (Lipinski definition) is 5. The van der Waals surface area contributed by atoms with Crippen LogP contribution in [-0.4, -0.2) is 31.5 Å². The summed E-state index contributed by atoms with van der Waals surface area (Å²) < 4.78 is 75.0. The molecule has 10 heteroatoms. The monoisotopic (exact) mass is 315 g/mol. The van der Waals surface area contributed by atoms with Gasteiger partial charge in [0.2, 0.25) is 0 Å². The summed E-state index contributed by atoms with van der Waals surface area (Å²) in [6.07, 6.45) is -8.23. The molecule has 1 aromatic heterocycles. The summed E-state index contributed by atoms with van der Waals surface area (Å²) >= 11 is 0. The van der Waals surface area contributed by atoms with E-state index in [1.165, 1.54) is 0 Å². The molecule has 0 radical (unpaired) electrons. The first-order valence-corrected chi connectivity index (χ1v) is 5.36. The van der Waals surface area contributed by atoms with Gasteiger partial charge >= 0.3 is 12.3 Å². The molecule has 0 bridgehead atoms. The number of aromatic nitrogens is 1. The van der Waals surface area contributed by atoms with Gasteiger partial charge < -0.3 is 14.2 Å². The molecule has 0 aliphatic rings. The van der Waals surface area contributed by atoms with Gasteiger partial charge in [0.1, 0.15) is 0 Å². The average molecular weight is 315 g/mol. The lowest BCUT2D eigenvalue weighted by atomic mass is 10.1. The van der Waals surface area contributed by atoms with Crippen molar-refractivity contribution in [2.24, 2.45) is 0 Å². The molecule has 1 rings (SSSR count). The van der Waals surface area contributed by atoms with Gasteiger partial charge in [0.25, 0.3) is 12.3 Å². The molecule has 0 N–H and O–H groups in total. The highest BCUT2D eigenvalue weighted by atomic mass is 19.4. The van der Waals surface area contributed by atoms with E-state index in [-0.39, 0.29) is 5.56 Å². The number of esters is 1. The van der Waals surface area contributed by atoms with Crippen LogP contribution in [0.5, 0.6) is 11.6 Å². The summed E-state index contributed by atoms with van der Waals surface area (Å²) in [5, 5.41) is 0. The Hall–Kier alpha value is -2.13. The van der Waals surface area contributed by atoms with Crippen molar-refractivity contribution in [1.29, 1.82) is 0 Å². The van der Waals surface area contributed by atoms with Crippen molar-refractivity contribution in [2.45, 2.75) is 19.2 Å². The third kappa shape index (κ3) is 4.43. The van der Waals surface area contributed by atoms with Crippen LogP contribution >= 0.6 is 0 Å². The first kappa shape index (κ1) is 16.9. The molecule has 0 spiro atoms. The Kier molecular flexibility index (Phi) is 5.28. The van der Waals surface area contributed by atoms with Crippen LogP contribution in [0.25, 0.3) is 0 Å². The second-order valence-corrected chi connectivity index (χ2v) is 3.64. The van der Waals surface area contributed by atoms with Crippen molar-refractivity contribution in [2.75, 3.05) is 14.2 Å². The van der Waals surface area contributed by atoms with Gasteiger partial charge in [-0.15, -0.1) is 13.2 Å². The molecule has 0 aromatic carbocycles. The Morgan fingerprint density at radius 3 is 2.38 bits per heavy atom. The number of methoxy groups -OCH3 is 2. The Bertz CT molecular complexity index is 518. The van der Waals surface area contributed by atoms with Crippen LogP contribution in [0.4, 0.5) is 22.0 Å².